The first kappa shape index (κ1) is 12.1. The van der Waals surface area contributed by atoms with E-state index in [1.54, 1.807) is 24.3 Å². The summed E-state index contributed by atoms with van der Waals surface area (Å²) >= 11 is 0. The fourth-order valence-corrected chi connectivity index (χ4v) is 1.15. The summed E-state index contributed by atoms with van der Waals surface area (Å²) in [5.41, 5.74) is 0.458. The lowest BCUT2D eigenvalue weighted by atomic mass is 10.2. The molecular weight excluding hydrogens is 206 g/mol. The van der Waals surface area contributed by atoms with Crippen LogP contribution in [-0.4, -0.2) is 19.2 Å². The van der Waals surface area contributed by atoms with Gasteiger partial charge in [0.05, 0.1) is 12.7 Å². The number of benzene rings is 1. The Morgan fingerprint density at radius 3 is 2.50 bits per heavy atom. The van der Waals surface area contributed by atoms with Crippen molar-refractivity contribution < 1.29 is 14.3 Å². The standard InChI is InChI=1S/C12H13NO3/c1-3-10(8-13)16-11-6-4-9(5-7-11)12(14)15-2/h4-7,10H,3H2,1-2H3. The summed E-state index contributed by atoms with van der Waals surface area (Å²) in [5.74, 6) is 0.180. The Kier molecular flexibility index (Phi) is 4.34. The Bertz CT molecular complexity index is 392. The van der Waals surface area contributed by atoms with E-state index in [4.69, 9.17) is 10.00 Å². The number of carbonyl (C=O) groups excluding carboxylic acids is 1. The zero-order valence-corrected chi connectivity index (χ0v) is 9.27. The fraction of sp³-hybridized carbons (Fsp3) is 0.333. The van der Waals surface area contributed by atoms with Gasteiger partial charge in [-0.2, -0.15) is 5.26 Å². The van der Waals surface area contributed by atoms with Crippen molar-refractivity contribution in [3.05, 3.63) is 29.8 Å². The third kappa shape index (κ3) is 2.99. The molecule has 1 aromatic carbocycles. The maximum Gasteiger partial charge on any atom is 0.337 e. The van der Waals surface area contributed by atoms with Crippen LogP contribution in [0.3, 0.4) is 0 Å². The van der Waals surface area contributed by atoms with Crippen LogP contribution in [0.15, 0.2) is 24.3 Å². The molecule has 1 atom stereocenters. The van der Waals surface area contributed by atoms with Crippen molar-refractivity contribution >= 4 is 5.97 Å². The molecule has 16 heavy (non-hydrogen) atoms. The number of hydrogen-bond acceptors (Lipinski definition) is 4. The molecule has 4 heteroatoms. The molecule has 0 aliphatic heterocycles. The van der Waals surface area contributed by atoms with Crippen LogP contribution in [0.5, 0.6) is 5.75 Å². The van der Waals surface area contributed by atoms with E-state index in [1.165, 1.54) is 7.11 Å². The third-order valence-electron chi connectivity index (χ3n) is 2.07. The van der Waals surface area contributed by atoms with Crippen molar-refractivity contribution in [2.75, 3.05) is 7.11 Å². The van der Waals surface area contributed by atoms with Gasteiger partial charge in [-0.15, -0.1) is 0 Å². The highest BCUT2D eigenvalue weighted by Crippen LogP contribution is 2.15. The highest BCUT2D eigenvalue weighted by atomic mass is 16.5. The monoisotopic (exact) mass is 219 g/mol. The third-order valence-corrected chi connectivity index (χ3v) is 2.07. The number of esters is 1. The van der Waals surface area contributed by atoms with Gasteiger partial charge in [0.25, 0.3) is 0 Å². The lowest BCUT2D eigenvalue weighted by molar-refractivity contribution is 0.0600. The molecule has 0 aliphatic rings. The predicted octanol–water partition coefficient (Wildman–Crippen LogP) is 2.15. The number of ether oxygens (including phenoxy) is 2. The Balaban J connectivity index is 2.72. The number of hydrogen-bond donors (Lipinski definition) is 0. The van der Waals surface area contributed by atoms with E-state index in [2.05, 4.69) is 4.74 Å². The van der Waals surface area contributed by atoms with Crippen LogP contribution in [0.25, 0.3) is 0 Å². The predicted molar refractivity (Wildman–Crippen MR) is 58.1 cm³/mol. The SMILES string of the molecule is CCC(C#N)Oc1ccc(C(=O)OC)cc1. The van der Waals surface area contributed by atoms with Gasteiger partial charge in [0.2, 0.25) is 0 Å². The molecule has 0 aliphatic carbocycles. The second kappa shape index (κ2) is 5.76. The quantitative estimate of drug-likeness (QED) is 0.728. The summed E-state index contributed by atoms with van der Waals surface area (Å²) in [7, 11) is 1.33. The van der Waals surface area contributed by atoms with E-state index < -0.39 is 6.10 Å². The highest BCUT2D eigenvalue weighted by molar-refractivity contribution is 5.89. The largest absolute Gasteiger partial charge is 0.476 e. The first-order valence-corrected chi connectivity index (χ1v) is 4.96. The molecule has 0 aromatic heterocycles. The summed E-state index contributed by atoms with van der Waals surface area (Å²) in [6.07, 6.45) is 0.166. The van der Waals surface area contributed by atoms with Gasteiger partial charge in [-0.05, 0) is 30.7 Å². The summed E-state index contributed by atoms with van der Waals surface area (Å²) in [5, 5.41) is 8.72. The first-order valence-electron chi connectivity index (χ1n) is 4.96. The fourth-order valence-electron chi connectivity index (χ4n) is 1.15. The first-order chi connectivity index (χ1) is 7.71. The van der Waals surface area contributed by atoms with E-state index in [9.17, 15) is 4.79 Å². The molecule has 1 rings (SSSR count). The molecule has 0 N–H and O–H groups in total. The molecule has 1 unspecified atom stereocenters. The van der Waals surface area contributed by atoms with Gasteiger partial charge in [-0.3, -0.25) is 0 Å². The average Bonchev–Trinajstić information content (AvgIpc) is 2.35. The minimum absolute atomic E-state index is 0.390. The maximum absolute atomic E-state index is 11.1. The van der Waals surface area contributed by atoms with Gasteiger partial charge < -0.3 is 9.47 Å². The van der Waals surface area contributed by atoms with Crippen LogP contribution < -0.4 is 4.74 Å². The average molecular weight is 219 g/mol. The lowest BCUT2D eigenvalue weighted by Crippen LogP contribution is -2.12. The van der Waals surface area contributed by atoms with Gasteiger partial charge in [-0.25, -0.2) is 4.79 Å². The minimum atomic E-state index is -0.455. The van der Waals surface area contributed by atoms with Crippen LogP contribution in [0.1, 0.15) is 23.7 Å². The van der Waals surface area contributed by atoms with Crippen LogP contribution in [-0.2, 0) is 4.74 Å². The molecule has 0 bridgehead atoms. The van der Waals surface area contributed by atoms with Gasteiger partial charge in [0.15, 0.2) is 6.10 Å². The van der Waals surface area contributed by atoms with Crippen molar-refractivity contribution in [3.63, 3.8) is 0 Å². The number of carbonyl (C=O) groups is 1. The van der Waals surface area contributed by atoms with Crippen molar-refractivity contribution in [1.82, 2.24) is 0 Å². The highest BCUT2D eigenvalue weighted by Gasteiger charge is 2.08. The number of methoxy groups -OCH3 is 1. The Hall–Kier alpha value is -2.02. The topological polar surface area (TPSA) is 59.3 Å². The zero-order chi connectivity index (χ0) is 12.0. The van der Waals surface area contributed by atoms with Crippen LogP contribution in [0, 0.1) is 11.3 Å². The van der Waals surface area contributed by atoms with Crippen LogP contribution in [0.4, 0.5) is 0 Å². The summed E-state index contributed by atoms with van der Waals surface area (Å²) in [6, 6.07) is 8.53. The summed E-state index contributed by atoms with van der Waals surface area (Å²) < 4.78 is 9.94. The normalized spacial score (nSPS) is 11.3. The number of nitrogens with zero attached hydrogens (tertiary/aromatic N) is 1. The van der Waals surface area contributed by atoms with Gasteiger partial charge in [-0.1, -0.05) is 6.92 Å². The molecule has 4 nitrogen and oxygen atoms in total. The second-order valence-electron chi connectivity index (χ2n) is 3.16. The lowest BCUT2D eigenvalue weighted by Gasteiger charge is -2.10. The van der Waals surface area contributed by atoms with Crippen molar-refractivity contribution in [2.24, 2.45) is 0 Å². The van der Waals surface area contributed by atoms with Crippen LogP contribution in [0.2, 0.25) is 0 Å². The molecular formula is C12H13NO3. The van der Waals surface area contributed by atoms with E-state index in [0.29, 0.717) is 17.7 Å². The van der Waals surface area contributed by atoms with Crippen molar-refractivity contribution in [3.8, 4) is 11.8 Å². The Morgan fingerprint density at radius 1 is 1.44 bits per heavy atom. The Labute approximate surface area is 94.4 Å². The second-order valence-corrected chi connectivity index (χ2v) is 3.16. The minimum Gasteiger partial charge on any atom is -0.476 e. The molecule has 1 aromatic rings. The Morgan fingerprint density at radius 2 is 2.06 bits per heavy atom. The number of nitriles is 1. The van der Waals surface area contributed by atoms with Crippen molar-refractivity contribution in [1.29, 1.82) is 5.26 Å². The van der Waals surface area contributed by atoms with E-state index in [-0.39, 0.29) is 5.97 Å². The van der Waals surface area contributed by atoms with Gasteiger partial charge in [0.1, 0.15) is 11.8 Å². The molecule has 0 amide bonds. The van der Waals surface area contributed by atoms with Crippen LogP contribution >= 0.6 is 0 Å². The summed E-state index contributed by atoms with van der Waals surface area (Å²) in [6.45, 7) is 1.87. The van der Waals surface area contributed by atoms with E-state index >= 15 is 0 Å². The van der Waals surface area contributed by atoms with Gasteiger partial charge >= 0.3 is 5.97 Å². The zero-order valence-electron chi connectivity index (χ0n) is 9.27. The molecule has 0 radical (unpaired) electrons. The molecule has 0 heterocycles. The molecule has 0 fully saturated rings. The number of rotatable bonds is 4. The molecule has 0 saturated carbocycles. The van der Waals surface area contributed by atoms with E-state index in [0.717, 1.165) is 0 Å². The maximum atomic E-state index is 11.1. The van der Waals surface area contributed by atoms with Gasteiger partial charge in [0, 0.05) is 0 Å². The smallest absolute Gasteiger partial charge is 0.337 e. The molecule has 0 spiro atoms. The van der Waals surface area contributed by atoms with Crippen molar-refractivity contribution in [2.45, 2.75) is 19.4 Å². The molecule has 0 saturated heterocycles. The van der Waals surface area contributed by atoms with E-state index in [1.807, 2.05) is 13.0 Å². The summed E-state index contributed by atoms with van der Waals surface area (Å²) in [4.78, 5) is 11.1. The molecule has 84 valence electrons.